The number of benzene rings is 2. The molecule has 0 amide bonds. The molecule has 36 heavy (non-hydrogen) atoms. The Morgan fingerprint density at radius 2 is 0.861 bits per heavy atom. The van der Waals surface area contributed by atoms with E-state index >= 15 is 0 Å². The number of aromatic hydroxyl groups is 2. The van der Waals surface area contributed by atoms with E-state index in [0.29, 0.717) is 11.5 Å². The topological polar surface area (TPSA) is 103 Å². The minimum atomic E-state index is 0. The molecule has 0 unspecified atom stereocenters. The smallest absolute Gasteiger partial charge is 0.534 e. The zero-order valence-electron chi connectivity index (χ0n) is 22.0. The first-order chi connectivity index (χ1) is 15.7. The van der Waals surface area contributed by atoms with Crippen LogP contribution in [0, 0.1) is 12.1 Å². The summed E-state index contributed by atoms with van der Waals surface area (Å²) in [7, 11) is 0. The summed E-state index contributed by atoms with van der Waals surface area (Å²) in [6, 6.07) is 17.0. The van der Waals surface area contributed by atoms with Gasteiger partial charge in [0.05, 0.1) is 0 Å². The molecular weight excluding hydrogens is 495 g/mol. The molecule has 0 aliphatic carbocycles. The molecule has 0 saturated carbocycles. The van der Waals surface area contributed by atoms with Crippen molar-refractivity contribution in [3.63, 3.8) is 0 Å². The number of hydrogen-bond donors (Lipinski definition) is 2. The molecule has 0 aliphatic rings. The fraction of sp³-hybridized carbons (Fsp3) is 0.613. The molecule has 0 saturated heterocycles. The molecule has 0 atom stereocenters. The van der Waals surface area contributed by atoms with Gasteiger partial charge in [-0.2, -0.15) is 36.4 Å². The number of phenols is 2. The Bertz CT molecular complexity index is 634. The Balaban J connectivity index is -0.000000256. The van der Waals surface area contributed by atoms with Gasteiger partial charge in [0.25, 0.3) is 0 Å². The number of aryl methyl sites for hydroxylation is 2. The standard InChI is InChI=1S/2C15H23O.CH4.Co.2H2O/c2*1-2-3-4-5-6-7-8-11-14-12-9-10-13-15(14)16;;;;/h2*9-10,12,16H,2-8,11H2,1H3;1H4;;2*1H2/q2*-1;;+2;;. The molecule has 4 nitrogen and oxygen atoms in total. The van der Waals surface area contributed by atoms with Crippen LogP contribution in [0.25, 0.3) is 0 Å². The molecule has 211 valence electrons. The van der Waals surface area contributed by atoms with E-state index in [1.165, 1.54) is 89.9 Å². The van der Waals surface area contributed by atoms with Crippen LogP contribution in [0.15, 0.2) is 36.4 Å². The van der Waals surface area contributed by atoms with Gasteiger partial charge in [0.1, 0.15) is 0 Å². The van der Waals surface area contributed by atoms with Gasteiger partial charge in [-0.15, -0.1) is 23.3 Å². The van der Waals surface area contributed by atoms with Gasteiger partial charge in [0.15, 0.2) is 0 Å². The van der Waals surface area contributed by atoms with E-state index in [1.54, 1.807) is 12.1 Å². The molecule has 6 N–H and O–H groups in total. The molecular formula is C31H54CoO4. The third-order valence-electron chi connectivity index (χ3n) is 5.94. The Kier molecular flexibility index (Phi) is 34.3. The molecule has 1 radical (unpaired) electrons. The van der Waals surface area contributed by atoms with E-state index in [4.69, 9.17) is 0 Å². The van der Waals surface area contributed by atoms with Crippen molar-refractivity contribution in [1.29, 1.82) is 0 Å². The summed E-state index contributed by atoms with van der Waals surface area (Å²) in [5.74, 6) is 0.655. The fourth-order valence-electron chi connectivity index (χ4n) is 3.87. The van der Waals surface area contributed by atoms with Crippen LogP contribution in [0.4, 0.5) is 0 Å². The average Bonchev–Trinajstić information content (AvgIpc) is 2.80. The quantitative estimate of drug-likeness (QED) is 0.164. The summed E-state index contributed by atoms with van der Waals surface area (Å²) in [5, 5.41) is 19.1. The van der Waals surface area contributed by atoms with Crippen LogP contribution in [-0.4, -0.2) is 21.2 Å². The summed E-state index contributed by atoms with van der Waals surface area (Å²) in [6.07, 6.45) is 20.4. The third kappa shape index (κ3) is 21.7. The van der Waals surface area contributed by atoms with E-state index < -0.39 is 0 Å². The van der Waals surface area contributed by atoms with Crippen molar-refractivity contribution in [2.45, 2.75) is 124 Å². The van der Waals surface area contributed by atoms with E-state index in [1.807, 2.05) is 24.3 Å². The van der Waals surface area contributed by atoms with Crippen LogP contribution in [0.3, 0.4) is 0 Å². The van der Waals surface area contributed by atoms with Gasteiger partial charge in [-0.25, -0.2) is 0 Å². The molecule has 2 aromatic rings. The van der Waals surface area contributed by atoms with Crippen molar-refractivity contribution >= 4 is 0 Å². The van der Waals surface area contributed by atoms with Gasteiger partial charge in [0, 0.05) is 11.5 Å². The number of hydrogen-bond acceptors (Lipinski definition) is 2. The van der Waals surface area contributed by atoms with E-state index in [9.17, 15) is 10.2 Å². The van der Waals surface area contributed by atoms with Crippen LogP contribution in [0.5, 0.6) is 11.5 Å². The molecule has 2 rings (SSSR count). The zero-order valence-corrected chi connectivity index (χ0v) is 23.0. The van der Waals surface area contributed by atoms with Crippen LogP contribution < -0.4 is 0 Å². The number of unbranched alkanes of at least 4 members (excludes halogenated alkanes) is 12. The zero-order chi connectivity index (χ0) is 23.3. The maximum absolute atomic E-state index is 9.53. The van der Waals surface area contributed by atoms with Gasteiger partial charge >= 0.3 is 16.8 Å². The van der Waals surface area contributed by atoms with Crippen molar-refractivity contribution in [3.8, 4) is 11.5 Å². The molecule has 0 fully saturated rings. The summed E-state index contributed by atoms with van der Waals surface area (Å²) in [6.45, 7) is 4.49. The average molecular weight is 550 g/mol. The molecule has 2 aromatic carbocycles. The monoisotopic (exact) mass is 549 g/mol. The van der Waals surface area contributed by atoms with Gasteiger partial charge in [-0.05, 0) is 0 Å². The Morgan fingerprint density at radius 1 is 0.556 bits per heavy atom. The summed E-state index contributed by atoms with van der Waals surface area (Å²) < 4.78 is 0. The summed E-state index contributed by atoms with van der Waals surface area (Å²) in [5.41, 5.74) is 2.08. The number of para-hydroxylation sites is 2. The summed E-state index contributed by atoms with van der Waals surface area (Å²) in [4.78, 5) is 0. The first kappa shape index (κ1) is 41.6. The van der Waals surface area contributed by atoms with Gasteiger partial charge in [0.2, 0.25) is 0 Å². The van der Waals surface area contributed by atoms with Crippen LogP contribution in [0.1, 0.15) is 122 Å². The predicted octanol–water partition coefficient (Wildman–Crippen LogP) is 7.96. The van der Waals surface area contributed by atoms with Gasteiger partial charge < -0.3 is 21.2 Å². The third-order valence-corrected chi connectivity index (χ3v) is 5.94. The largest absolute Gasteiger partial charge is 2.00 e. The molecule has 0 aromatic heterocycles. The molecule has 0 bridgehead atoms. The van der Waals surface area contributed by atoms with E-state index in [2.05, 4.69) is 26.0 Å². The second kappa shape index (κ2) is 29.7. The maximum atomic E-state index is 9.53. The minimum absolute atomic E-state index is 0. The van der Waals surface area contributed by atoms with Crippen molar-refractivity contribution in [2.24, 2.45) is 0 Å². The molecule has 0 aliphatic heterocycles. The summed E-state index contributed by atoms with van der Waals surface area (Å²) >= 11 is 0. The fourth-order valence-corrected chi connectivity index (χ4v) is 3.87. The second-order valence-electron chi connectivity index (χ2n) is 8.83. The first-order valence-corrected chi connectivity index (χ1v) is 13.1. The van der Waals surface area contributed by atoms with Crippen LogP contribution >= 0.6 is 0 Å². The number of phenolic OH excluding ortho intramolecular Hbond substituents is 2. The Labute approximate surface area is 232 Å². The first-order valence-electron chi connectivity index (χ1n) is 13.1. The normalized spacial score (nSPS) is 9.39. The second-order valence-corrected chi connectivity index (χ2v) is 8.83. The SMILES string of the molecule is C.CCCCCCCCCc1ccc[c-]c1O.CCCCCCCCCc1ccc[c-]c1O.O.O.[Co+2]. The number of rotatable bonds is 16. The van der Waals surface area contributed by atoms with Crippen LogP contribution in [0.2, 0.25) is 0 Å². The predicted molar refractivity (Wildman–Crippen MR) is 151 cm³/mol. The molecule has 5 heteroatoms. The van der Waals surface area contributed by atoms with Crippen molar-refractivity contribution in [2.75, 3.05) is 0 Å². The van der Waals surface area contributed by atoms with Gasteiger partial charge in [-0.1, -0.05) is 124 Å². The Hall–Kier alpha value is -1.53. The molecule has 0 spiro atoms. The molecule has 0 heterocycles. The maximum Gasteiger partial charge on any atom is 2.00 e. The van der Waals surface area contributed by atoms with Crippen LogP contribution in [-0.2, 0) is 29.6 Å². The minimum Gasteiger partial charge on any atom is -0.534 e. The van der Waals surface area contributed by atoms with Gasteiger partial charge in [-0.3, -0.25) is 0 Å². The van der Waals surface area contributed by atoms with E-state index in [-0.39, 0.29) is 35.2 Å². The Morgan fingerprint density at radius 3 is 1.17 bits per heavy atom. The van der Waals surface area contributed by atoms with E-state index in [0.717, 1.165) is 24.0 Å². The van der Waals surface area contributed by atoms with Crippen molar-refractivity contribution < 1.29 is 37.9 Å². The van der Waals surface area contributed by atoms with Crippen molar-refractivity contribution in [3.05, 3.63) is 59.7 Å². The van der Waals surface area contributed by atoms with Crippen molar-refractivity contribution in [1.82, 2.24) is 0 Å².